The molecule has 0 aliphatic carbocycles. The molecule has 1 heterocycles. The molecule has 5 nitrogen and oxygen atoms in total. The van der Waals surface area contributed by atoms with Gasteiger partial charge in [0.15, 0.2) is 0 Å². The molecule has 0 amide bonds. The highest BCUT2D eigenvalue weighted by atomic mass is 32.2. The number of sulfonamides is 1. The van der Waals surface area contributed by atoms with E-state index in [1.165, 1.54) is 4.31 Å². The summed E-state index contributed by atoms with van der Waals surface area (Å²) in [5, 5.41) is 9.10. The first-order valence-corrected chi connectivity index (χ1v) is 7.64. The van der Waals surface area contributed by atoms with Crippen molar-refractivity contribution in [1.29, 1.82) is 0 Å². The van der Waals surface area contributed by atoms with Crippen LogP contribution in [0.1, 0.15) is 33.1 Å². The van der Waals surface area contributed by atoms with E-state index in [0.717, 1.165) is 6.42 Å². The molecular weight excluding hydrogens is 242 g/mol. The van der Waals surface area contributed by atoms with Gasteiger partial charge in [0.25, 0.3) is 0 Å². The van der Waals surface area contributed by atoms with Crippen LogP contribution in [0.3, 0.4) is 0 Å². The molecule has 0 aromatic carbocycles. The van der Waals surface area contributed by atoms with E-state index in [1.54, 1.807) is 0 Å². The van der Waals surface area contributed by atoms with Gasteiger partial charge >= 0.3 is 5.97 Å². The zero-order chi connectivity index (χ0) is 13.1. The Morgan fingerprint density at radius 1 is 1.35 bits per heavy atom. The molecule has 1 aliphatic rings. The molecule has 0 radical (unpaired) electrons. The van der Waals surface area contributed by atoms with Crippen molar-refractivity contribution in [3.05, 3.63) is 0 Å². The van der Waals surface area contributed by atoms with Crippen molar-refractivity contribution in [2.45, 2.75) is 33.1 Å². The Hall–Kier alpha value is -0.620. The fraction of sp³-hybridized carbons (Fsp3) is 0.909. The molecule has 1 aliphatic heterocycles. The molecule has 0 aromatic heterocycles. The van der Waals surface area contributed by atoms with Gasteiger partial charge < -0.3 is 5.11 Å². The van der Waals surface area contributed by atoms with Gasteiger partial charge in [-0.1, -0.05) is 13.8 Å². The fourth-order valence-electron chi connectivity index (χ4n) is 2.11. The van der Waals surface area contributed by atoms with Crippen LogP contribution in [0.4, 0.5) is 0 Å². The van der Waals surface area contributed by atoms with Crippen LogP contribution in [0, 0.1) is 11.8 Å². The molecule has 0 aromatic rings. The minimum atomic E-state index is -3.22. The fourth-order valence-corrected chi connectivity index (χ4v) is 3.76. The van der Waals surface area contributed by atoms with Crippen molar-refractivity contribution < 1.29 is 18.3 Å². The standard InChI is InChI=1S/C11H21NO4S/c1-9(2)7-10(11(13)14)8-12-5-3-4-6-17(12,15)16/h9-10H,3-8H2,1-2H3,(H,13,14). The number of nitrogens with zero attached hydrogens (tertiary/aromatic N) is 1. The topological polar surface area (TPSA) is 74.7 Å². The monoisotopic (exact) mass is 263 g/mol. The van der Waals surface area contributed by atoms with E-state index in [1.807, 2.05) is 13.8 Å². The summed E-state index contributed by atoms with van der Waals surface area (Å²) in [4.78, 5) is 11.1. The van der Waals surface area contributed by atoms with Crippen LogP contribution in [0.25, 0.3) is 0 Å². The van der Waals surface area contributed by atoms with Crippen LogP contribution < -0.4 is 0 Å². The first-order valence-electron chi connectivity index (χ1n) is 6.03. The summed E-state index contributed by atoms with van der Waals surface area (Å²) in [6.45, 7) is 4.47. The lowest BCUT2D eigenvalue weighted by atomic mass is 9.97. The maximum atomic E-state index is 11.8. The molecular formula is C11H21NO4S. The summed E-state index contributed by atoms with van der Waals surface area (Å²) in [5.74, 6) is -1.09. The quantitative estimate of drug-likeness (QED) is 0.807. The Bertz CT molecular complexity index is 364. The van der Waals surface area contributed by atoms with Crippen LogP contribution in [0.2, 0.25) is 0 Å². The van der Waals surface area contributed by atoms with E-state index >= 15 is 0 Å². The average Bonchev–Trinajstić information content (AvgIpc) is 2.18. The van der Waals surface area contributed by atoms with E-state index in [9.17, 15) is 13.2 Å². The molecule has 1 rings (SSSR count). The van der Waals surface area contributed by atoms with Gasteiger partial charge in [0.2, 0.25) is 10.0 Å². The lowest BCUT2D eigenvalue weighted by Crippen LogP contribution is -2.42. The number of rotatable bonds is 5. The van der Waals surface area contributed by atoms with Gasteiger partial charge in [-0.25, -0.2) is 12.7 Å². The lowest BCUT2D eigenvalue weighted by molar-refractivity contribution is -0.142. The summed E-state index contributed by atoms with van der Waals surface area (Å²) in [5.41, 5.74) is 0. The summed E-state index contributed by atoms with van der Waals surface area (Å²) in [6.07, 6.45) is 2.02. The third kappa shape index (κ3) is 4.27. The molecule has 0 bridgehead atoms. The Morgan fingerprint density at radius 2 is 2.00 bits per heavy atom. The highest BCUT2D eigenvalue weighted by Crippen LogP contribution is 2.19. The average molecular weight is 263 g/mol. The number of aliphatic carboxylic acids is 1. The second-order valence-electron chi connectivity index (χ2n) is 5.05. The highest BCUT2D eigenvalue weighted by Gasteiger charge is 2.30. The Labute approximate surface area is 103 Å². The van der Waals surface area contributed by atoms with Gasteiger partial charge in [0, 0.05) is 13.1 Å². The Balaban J connectivity index is 2.69. The Morgan fingerprint density at radius 3 is 2.47 bits per heavy atom. The highest BCUT2D eigenvalue weighted by molar-refractivity contribution is 7.89. The molecule has 100 valence electrons. The normalized spacial score (nSPS) is 22.5. The third-order valence-corrected chi connectivity index (χ3v) is 4.91. The van der Waals surface area contributed by atoms with Crippen LogP contribution in [0.15, 0.2) is 0 Å². The summed E-state index contributed by atoms with van der Waals surface area (Å²) < 4.78 is 24.9. The van der Waals surface area contributed by atoms with E-state index in [0.29, 0.717) is 19.4 Å². The van der Waals surface area contributed by atoms with Crippen molar-refractivity contribution in [2.24, 2.45) is 11.8 Å². The van der Waals surface area contributed by atoms with Gasteiger partial charge in [-0.2, -0.15) is 0 Å². The van der Waals surface area contributed by atoms with Gasteiger partial charge in [-0.05, 0) is 25.2 Å². The second kappa shape index (κ2) is 5.82. The smallest absolute Gasteiger partial charge is 0.307 e. The van der Waals surface area contributed by atoms with E-state index < -0.39 is 21.9 Å². The molecule has 1 saturated heterocycles. The maximum Gasteiger partial charge on any atom is 0.307 e. The molecule has 6 heteroatoms. The predicted molar refractivity (Wildman–Crippen MR) is 65.2 cm³/mol. The van der Waals surface area contributed by atoms with E-state index in [-0.39, 0.29) is 18.2 Å². The van der Waals surface area contributed by atoms with Crippen molar-refractivity contribution in [1.82, 2.24) is 4.31 Å². The van der Waals surface area contributed by atoms with Crippen molar-refractivity contribution in [3.8, 4) is 0 Å². The first kappa shape index (κ1) is 14.4. The van der Waals surface area contributed by atoms with Crippen molar-refractivity contribution in [3.63, 3.8) is 0 Å². The van der Waals surface area contributed by atoms with Crippen LogP contribution in [-0.4, -0.2) is 42.6 Å². The Kier molecular flexibility index (Phi) is 4.94. The van der Waals surface area contributed by atoms with Gasteiger partial charge in [0.1, 0.15) is 0 Å². The number of hydrogen-bond acceptors (Lipinski definition) is 3. The zero-order valence-electron chi connectivity index (χ0n) is 10.4. The lowest BCUT2D eigenvalue weighted by Gasteiger charge is -2.29. The van der Waals surface area contributed by atoms with Crippen LogP contribution in [0.5, 0.6) is 0 Å². The molecule has 0 spiro atoms. The number of carbonyl (C=O) groups is 1. The number of carboxylic acids is 1. The van der Waals surface area contributed by atoms with E-state index in [4.69, 9.17) is 5.11 Å². The number of carboxylic acid groups (broad SMARTS) is 1. The van der Waals surface area contributed by atoms with Crippen molar-refractivity contribution >= 4 is 16.0 Å². The number of hydrogen-bond donors (Lipinski definition) is 1. The third-order valence-electron chi connectivity index (χ3n) is 2.98. The van der Waals surface area contributed by atoms with Crippen LogP contribution in [-0.2, 0) is 14.8 Å². The minimum Gasteiger partial charge on any atom is -0.481 e. The SMILES string of the molecule is CC(C)CC(CN1CCCCS1(=O)=O)C(=O)O. The van der Waals surface area contributed by atoms with Crippen LogP contribution >= 0.6 is 0 Å². The summed E-state index contributed by atoms with van der Waals surface area (Å²) >= 11 is 0. The molecule has 0 saturated carbocycles. The molecule has 1 fully saturated rings. The largest absolute Gasteiger partial charge is 0.481 e. The first-order chi connectivity index (χ1) is 7.83. The minimum absolute atomic E-state index is 0.121. The second-order valence-corrected chi connectivity index (χ2v) is 7.13. The maximum absolute atomic E-state index is 11.8. The molecule has 17 heavy (non-hydrogen) atoms. The van der Waals surface area contributed by atoms with Gasteiger partial charge in [-0.3, -0.25) is 4.79 Å². The molecule has 1 unspecified atom stereocenters. The van der Waals surface area contributed by atoms with Gasteiger partial charge in [-0.15, -0.1) is 0 Å². The summed E-state index contributed by atoms with van der Waals surface area (Å²) in [7, 11) is -3.22. The summed E-state index contributed by atoms with van der Waals surface area (Å²) in [6, 6.07) is 0. The van der Waals surface area contributed by atoms with E-state index in [2.05, 4.69) is 0 Å². The molecule has 1 atom stereocenters. The predicted octanol–water partition coefficient (Wildman–Crippen LogP) is 1.16. The molecule has 1 N–H and O–H groups in total. The van der Waals surface area contributed by atoms with Gasteiger partial charge in [0.05, 0.1) is 11.7 Å². The van der Waals surface area contributed by atoms with Crippen molar-refractivity contribution in [2.75, 3.05) is 18.8 Å². The zero-order valence-corrected chi connectivity index (χ0v) is 11.2.